The van der Waals surface area contributed by atoms with Crippen molar-refractivity contribution in [3.05, 3.63) is 16.6 Å². The zero-order chi connectivity index (χ0) is 13.3. The summed E-state index contributed by atoms with van der Waals surface area (Å²) in [6.45, 7) is 8.05. The SMILES string of the molecule is CN(Cc1cscn1)C(=O)C(C)(C)C(C)(C)N. The van der Waals surface area contributed by atoms with Crippen LogP contribution in [0, 0.1) is 5.41 Å². The van der Waals surface area contributed by atoms with Crippen molar-refractivity contribution >= 4 is 17.2 Å². The van der Waals surface area contributed by atoms with Crippen LogP contribution in [0.3, 0.4) is 0 Å². The van der Waals surface area contributed by atoms with Crippen LogP contribution < -0.4 is 5.73 Å². The van der Waals surface area contributed by atoms with Gasteiger partial charge >= 0.3 is 0 Å². The molecule has 0 radical (unpaired) electrons. The summed E-state index contributed by atoms with van der Waals surface area (Å²) in [5, 5.41) is 1.95. The van der Waals surface area contributed by atoms with E-state index < -0.39 is 11.0 Å². The van der Waals surface area contributed by atoms with E-state index in [1.165, 1.54) is 11.3 Å². The molecular formula is C12H21N3OS. The number of thiazole rings is 1. The fourth-order valence-corrected chi connectivity index (χ4v) is 1.93. The van der Waals surface area contributed by atoms with Gasteiger partial charge in [0.05, 0.1) is 23.2 Å². The van der Waals surface area contributed by atoms with Crippen LogP contribution in [0.2, 0.25) is 0 Å². The van der Waals surface area contributed by atoms with Gasteiger partial charge in [-0.05, 0) is 27.7 Å². The minimum absolute atomic E-state index is 0.0398. The monoisotopic (exact) mass is 255 g/mol. The number of nitrogens with zero attached hydrogens (tertiary/aromatic N) is 2. The maximum atomic E-state index is 12.4. The Morgan fingerprint density at radius 3 is 2.47 bits per heavy atom. The summed E-state index contributed by atoms with van der Waals surface area (Å²) >= 11 is 1.53. The van der Waals surface area contributed by atoms with E-state index in [0.717, 1.165) is 5.69 Å². The standard InChI is InChI=1S/C12H21N3OS/c1-11(2,12(3,4)13)10(16)15(5)6-9-7-17-8-14-9/h7-8H,6,13H2,1-5H3. The molecule has 1 aromatic rings. The molecule has 1 aromatic heterocycles. The molecule has 0 saturated carbocycles. The lowest BCUT2D eigenvalue weighted by atomic mass is 9.74. The minimum atomic E-state index is -0.599. The molecular weight excluding hydrogens is 234 g/mol. The number of hydrogen-bond donors (Lipinski definition) is 1. The van der Waals surface area contributed by atoms with Gasteiger partial charge in [-0.25, -0.2) is 4.98 Å². The summed E-state index contributed by atoms with van der Waals surface area (Å²) in [5.41, 5.74) is 7.59. The first-order chi connectivity index (χ1) is 7.66. The molecule has 2 N–H and O–H groups in total. The molecule has 1 amide bonds. The number of carbonyl (C=O) groups is 1. The summed E-state index contributed by atoms with van der Waals surface area (Å²) in [6, 6.07) is 0. The molecule has 4 nitrogen and oxygen atoms in total. The van der Waals surface area contributed by atoms with Crippen molar-refractivity contribution in [3.8, 4) is 0 Å². The second kappa shape index (κ2) is 4.74. The third-order valence-corrected chi connectivity index (χ3v) is 4.01. The minimum Gasteiger partial charge on any atom is -0.339 e. The summed E-state index contributed by atoms with van der Waals surface area (Å²) in [4.78, 5) is 18.2. The average Bonchev–Trinajstić information content (AvgIpc) is 2.67. The second-order valence-corrected chi connectivity index (χ2v) is 6.21. The smallest absolute Gasteiger partial charge is 0.230 e. The first-order valence-corrected chi connectivity index (χ1v) is 6.52. The van der Waals surface area contributed by atoms with E-state index in [2.05, 4.69) is 4.98 Å². The highest BCUT2D eigenvalue weighted by Gasteiger charge is 2.41. The van der Waals surface area contributed by atoms with Crippen molar-refractivity contribution in [1.82, 2.24) is 9.88 Å². The van der Waals surface area contributed by atoms with Crippen LogP contribution in [0.1, 0.15) is 33.4 Å². The first-order valence-electron chi connectivity index (χ1n) is 5.58. The van der Waals surface area contributed by atoms with Gasteiger partial charge in [-0.3, -0.25) is 4.79 Å². The van der Waals surface area contributed by atoms with Gasteiger partial charge < -0.3 is 10.6 Å². The van der Waals surface area contributed by atoms with Gasteiger partial charge in [-0.1, -0.05) is 0 Å². The molecule has 0 aliphatic carbocycles. The third kappa shape index (κ3) is 3.04. The predicted octanol–water partition coefficient (Wildman–Crippen LogP) is 1.86. The van der Waals surface area contributed by atoms with Gasteiger partial charge in [-0.2, -0.15) is 0 Å². The number of amides is 1. The van der Waals surface area contributed by atoms with E-state index in [9.17, 15) is 4.79 Å². The molecule has 0 bridgehead atoms. The van der Waals surface area contributed by atoms with Crippen LogP contribution >= 0.6 is 11.3 Å². The molecule has 0 atom stereocenters. The van der Waals surface area contributed by atoms with Crippen LogP contribution in [-0.2, 0) is 11.3 Å². The molecule has 0 saturated heterocycles. The van der Waals surface area contributed by atoms with Gasteiger partial charge in [0.15, 0.2) is 0 Å². The molecule has 0 aliphatic rings. The van der Waals surface area contributed by atoms with Gasteiger partial charge in [0.25, 0.3) is 0 Å². The molecule has 0 fully saturated rings. The van der Waals surface area contributed by atoms with Gasteiger partial charge in [0.2, 0.25) is 5.91 Å². The molecule has 1 rings (SSSR count). The second-order valence-electron chi connectivity index (χ2n) is 5.49. The molecule has 0 aliphatic heterocycles. The van der Waals surface area contributed by atoms with E-state index in [0.29, 0.717) is 6.54 Å². The Kier molecular flexibility index (Phi) is 3.94. The lowest BCUT2D eigenvalue weighted by Gasteiger charge is -2.39. The Morgan fingerprint density at radius 1 is 1.47 bits per heavy atom. The molecule has 17 heavy (non-hydrogen) atoms. The predicted molar refractivity (Wildman–Crippen MR) is 70.6 cm³/mol. The molecule has 0 aromatic carbocycles. The maximum Gasteiger partial charge on any atom is 0.230 e. The Morgan fingerprint density at radius 2 is 2.06 bits per heavy atom. The maximum absolute atomic E-state index is 12.4. The summed E-state index contributed by atoms with van der Waals surface area (Å²) < 4.78 is 0. The number of carbonyl (C=O) groups excluding carboxylic acids is 1. The van der Waals surface area contributed by atoms with E-state index in [1.807, 2.05) is 33.1 Å². The van der Waals surface area contributed by atoms with E-state index in [1.54, 1.807) is 17.5 Å². The molecule has 1 heterocycles. The van der Waals surface area contributed by atoms with Crippen LogP contribution in [0.4, 0.5) is 0 Å². The highest BCUT2D eigenvalue weighted by atomic mass is 32.1. The van der Waals surface area contributed by atoms with Crippen molar-refractivity contribution in [1.29, 1.82) is 0 Å². The lowest BCUT2D eigenvalue weighted by molar-refractivity contribution is -0.142. The fraction of sp³-hybridized carbons (Fsp3) is 0.667. The molecule has 0 unspecified atom stereocenters. The summed E-state index contributed by atoms with van der Waals surface area (Å²) in [6.07, 6.45) is 0. The molecule has 0 spiro atoms. The largest absolute Gasteiger partial charge is 0.339 e. The van der Waals surface area contributed by atoms with Crippen LogP contribution in [0.25, 0.3) is 0 Å². The van der Waals surface area contributed by atoms with E-state index in [4.69, 9.17) is 5.73 Å². The Balaban J connectivity index is 2.76. The van der Waals surface area contributed by atoms with Crippen LogP contribution in [0.5, 0.6) is 0 Å². The van der Waals surface area contributed by atoms with Crippen molar-refractivity contribution in [2.45, 2.75) is 39.8 Å². The highest BCUT2D eigenvalue weighted by molar-refractivity contribution is 7.07. The highest BCUT2D eigenvalue weighted by Crippen LogP contribution is 2.30. The summed E-state index contributed by atoms with van der Waals surface area (Å²) in [7, 11) is 1.79. The fourth-order valence-electron chi connectivity index (χ4n) is 1.38. The van der Waals surface area contributed by atoms with Crippen molar-refractivity contribution in [2.75, 3.05) is 7.05 Å². The summed E-state index contributed by atoms with van der Waals surface area (Å²) in [5.74, 6) is 0.0398. The number of aromatic nitrogens is 1. The Hall–Kier alpha value is -0.940. The number of hydrogen-bond acceptors (Lipinski definition) is 4. The Labute approximate surface area is 107 Å². The average molecular weight is 255 g/mol. The van der Waals surface area contributed by atoms with Gasteiger partial charge in [0, 0.05) is 18.0 Å². The first kappa shape index (κ1) is 14.1. The molecule has 96 valence electrons. The van der Waals surface area contributed by atoms with Crippen molar-refractivity contribution < 1.29 is 4.79 Å². The van der Waals surface area contributed by atoms with Gasteiger partial charge in [0.1, 0.15) is 0 Å². The quantitative estimate of drug-likeness (QED) is 0.893. The number of rotatable bonds is 4. The number of nitrogens with two attached hydrogens (primary N) is 1. The normalized spacial score (nSPS) is 12.6. The zero-order valence-electron chi connectivity index (χ0n) is 11.2. The lowest BCUT2D eigenvalue weighted by Crippen LogP contribution is -2.55. The topological polar surface area (TPSA) is 59.2 Å². The van der Waals surface area contributed by atoms with E-state index in [-0.39, 0.29) is 5.91 Å². The van der Waals surface area contributed by atoms with Crippen molar-refractivity contribution in [3.63, 3.8) is 0 Å². The zero-order valence-corrected chi connectivity index (χ0v) is 12.0. The third-order valence-electron chi connectivity index (χ3n) is 3.37. The van der Waals surface area contributed by atoms with E-state index >= 15 is 0 Å². The van der Waals surface area contributed by atoms with Crippen LogP contribution in [-0.4, -0.2) is 28.4 Å². The van der Waals surface area contributed by atoms with Crippen LogP contribution in [0.15, 0.2) is 10.9 Å². The van der Waals surface area contributed by atoms with Crippen molar-refractivity contribution in [2.24, 2.45) is 11.1 Å². The molecule has 5 heteroatoms. The van der Waals surface area contributed by atoms with Gasteiger partial charge in [-0.15, -0.1) is 11.3 Å². The Bertz CT molecular complexity index is 379.